The lowest BCUT2D eigenvalue weighted by Gasteiger charge is -2.35. The van der Waals surface area contributed by atoms with Crippen LogP contribution in [0, 0.1) is 0 Å². The van der Waals surface area contributed by atoms with Crippen LogP contribution in [0.15, 0.2) is 30.3 Å². The van der Waals surface area contributed by atoms with Crippen molar-refractivity contribution in [1.29, 1.82) is 0 Å². The number of carbonyl (C=O) groups is 2. The van der Waals surface area contributed by atoms with Gasteiger partial charge in [0.1, 0.15) is 0 Å². The SMILES string of the molecule is O=C(NCCC(=O)N1CC(O)C1)c1ccccc1. The summed E-state index contributed by atoms with van der Waals surface area (Å²) < 4.78 is 0. The summed E-state index contributed by atoms with van der Waals surface area (Å²) in [6, 6.07) is 8.88. The Morgan fingerprint density at radius 2 is 1.94 bits per heavy atom. The Bertz CT molecular complexity index is 427. The molecule has 1 fully saturated rings. The van der Waals surface area contributed by atoms with Crippen LogP contribution in [0.5, 0.6) is 0 Å². The molecular formula is C13H16N2O3. The summed E-state index contributed by atoms with van der Waals surface area (Å²) in [7, 11) is 0. The van der Waals surface area contributed by atoms with E-state index in [9.17, 15) is 9.59 Å². The molecule has 0 aliphatic carbocycles. The molecule has 2 rings (SSSR count). The number of rotatable bonds is 4. The number of hydrogen-bond acceptors (Lipinski definition) is 3. The Balaban J connectivity index is 1.69. The number of amides is 2. The van der Waals surface area contributed by atoms with Crippen molar-refractivity contribution in [2.24, 2.45) is 0 Å². The fourth-order valence-electron chi connectivity index (χ4n) is 1.79. The normalized spacial score (nSPS) is 15.1. The quantitative estimate of drug-likeness (QED) is 0.788. The number of benzene rings is 1. The highest BCUT2D eigenvalue weighted by Gasteiger charge is 2.28. The molecule has 96 valence electrons. The second kappa shape index (κ2) is 5.64. The Labute approximate surface area is 105 Å². The second-order valence-electron chi connectivity index (χ2n) is 4.32. The van der Waals surface area contributed by atoms with Crippen LogP contribution in [0.3, 0.4) is 0 Å². The van der Waals surface area contributed by atoms with Gasteiger partial charge in [-0.25, -0.2) is 0 Å². The smallest absolute Gasteiger partial charge is 0.251 e. The topological polar surface area (TPSA) is 69.6 Å². The van der Waals surface area contributed by atoms with Gasteiger partial charge >= 0.3 is 0 Å². The van der Waals surface area contributed by atoms with Crippen LogP contribution >= 0.6 is 0 Å². The average molecular weight is 248 g/mol. The lowest BCUT2D eigenvalue weighted by atomic mass is 10.1. The molecule has 0 atom stereocenters. The van der Waals surface area contributed by atoms with E-state index in [1.165, 1.54) is 0 Å². The van der Waals surface area contributed by atoms with E-state index in [2.05, 4.69) is 5.32 Å². The molecular weight excluding hydrogens is 232 g/mol. The Hall–Kier alpha value is -1.88. The minimum Gasteiger partial charge on any atom is -0.389 e. The molecule has 1 aromatic rings. The van der Waals surface area contributed by atoms with Gasteiger partial charge in [0.15, 0.2) is 0 Å². The maximum Gasteiger partial charge on any atom is 0.251 e. The van der Waals surface area contributed by atoms with Crippen LogP contribution in [0.25, 0.3) is 0 Å². The monoisotopic (exact) mass is 248 g/mol. The third-order valence-corrected chi connectivity index (χ3v) is 2.88. The standard InChI is InChI=1S/C13H16N2O3/c16-11-8-15(9-11)12(17)6-7-14-13(18)10-4-2-1-3-5-10/h1-5,11,16H,6-9H2,(H,14,18). The van der Waals surface area contributed by atoms with Crippen LogP contribution in [-0.2, 0) is 4.79 Å². The van der Waals surface area contributed by atoms with Gasteiger partial charge in [-0.2, -0.15) is 0 Å². The van der Waals surface area contributed by atoms with E-state index in [-0.39, 0.29) is 24.3 Å². The first-order valence-electron chi connectivity index (χ1n) is 5.96. The van der Waals surface area contributed by atoms with Crippen molar-refractivity contribution in [1.82, 2.24) is 10.2 Å². The molecule has 0 unspecified atom stereocenters. The van der Waals surface area contributed by atoms with E-state index < -0.39 is 0 Å². The third-order valence-electron chi connectivity index (χ3n) is 2.88. The van der Waals surface area contributed by atoms with Crippen LogP contribution < -0.4 is 5.32 Å². The first kappa shape index (κ1) is 12.6. The van der Waals surface area contributed by atoms with Crippen molar-refractivity contribution in [2.75, 3.05) is 19.6 Å². The van der Waals surface area contributed by atoms with Crippen molar-refractivity contribution < 1.29 is 14.7 Å². The molecule has 2 N–H and O–H groups in total. The number of aliphatic hydroxyl groups is 1. The number of β-amino-alcohol motifs (C(OH)–C–C–N with tert-alkyl or cyclic N) is 1. The third kappa shape index (κ3) is 3.07. The van der Waals surface area contributed by atoms with Crippen molar-refractivity contribution >= 4 is 11.8 Å². The van der Waals surface area contributed by atoms with E-state index in [0.717, 1.165) is 0 Å². The summed E-state index contributed by atoms with van der Waals surface area (Å²) in [6.45, 7) is 1.14. The van der Waals surface area contributed by atoms with Gasteiger partial charge in [0.05, 0.1) is 6.10 Å². The van der Waals surface area contributed by atoms with E-state index in [1.807, 2.05) is 6.07 Å². The average Bonchev–Trinajstić information content (AvgIpc) is 2.35. The first-order chi connectivity index (χ1) is 8.66. The van der Waals surface area contributed by atoms with Gasteiger partial charge in [-0.3, -0.25) is 9.59 Å². The number of carbonyl (C=O) groups excluding carboxylic acids is 2. The summed E-state index contributed by atoms with van der Waals surface area (Å²) in [5.74, 6) is -0.208. The van der Waals surface area contributed by atoms with Crippen LogP contribution in [0.4, 0.5) is 0 Å². The van der Waals surface area contributed by atoms with Crippen molar-refractivity contribution in [3.63, 3.8) is 0 Å². The molecule has 5 nitrogen and oxygen atoms in total. The maximum absolute atomic E-state index is 11.7. The summed E-state index contributed by atoms with van der Waals surface area (Å²) >= 11 is 0. The van der Waals surface area contributed by atoms with Crippen molar-refractivity contribution in [2.45, 2.75) is 12.5 Å². The number of hydrogen-bond donors (Lipinski definition) is 2. The molecule has 0 bridgehead atoms. The number of aliphatic hydroxyl groups excluding tert-OH is 1. The second-order valence-corrected chi connectivity index (χ2v) is 4.32. The van der Waals surface area contributed by atoms with Gasteiger partial charge in [-0.05, 0) is 12.1 Å². The fourth-order valence-corrected chi connectivity index (χ4v) is 1.79. The maximum atomic E-state index is 11.7. The lowest BCUT2D eigenvalue weighted by Crippen LogP contribution is -2.53. The van der Waals surface area contributed by atoms with Crippen LogP contribution in [0.2, 0.25) is 0 Å². The Morgan fingerprint density at radius 1 is 1.28 bits per heavy atom. The van der Waals surface area contributed by atoms with E-state index in [1.54, 1.807) is 29.2 Å². The van der Waals surface area contributed by atoms with Gasteiger partial charge in [-0.1, -0.05) is 18.2 Å². The Morgan fingerprint density at radius 3 is 2.56 bits per heavy atom. The van der Waals surface area contributed by atoms with Crippen LogP contribution in [-0.4, -0.2) is 47.6 Å². The fraction of sp³-hybridized carbons (Fsp3) is 0.385. The van der Waals surface area contributed by atoms with Gasteiger partial charge in [0.2, 0.25) is 5.91 Å². The highest BCUT2D eigenvalue weighted by molar-refractivity contribution is 5.94. The molecule has 1 aromatic carbocycles. The van der Waals surface area contributed by atoms with Gasteiger partial charge in [0, 0.05) is 31.6 Å². The molecule has 1 aliphatic heterocycles. The summed E-state index contributed by atoms with van der Waals surface area (Å²) in [4.78, 5) is 24.8. The predicted molar refractivity (Wildman–Crippen MR) is 66.0 cm³/mol. The van der Waals surface area contributed by atoms with E-state index in [4.69, 9.17) is 5.11 Å². The Kier molecular flexibility index (Phi) is 3.94. The minimum atomic E-state index is -0.382. The first-order valence-corrected chi connectivity index (χ1v) is 5.96. The zero-order chi connectivity index (χ0) is 13.0. The summed E-state index contributed by atoms with van der Waals surface area (Å²) in [5, 5.41) is 11.8. The number of nitrogens with zero attached hydrogens (tertiary/aromatic N) is 1. The molecule has 0 aromatic heterocycles. The lowest BCUT2D eigenvalue weighted by molar-refractivity contribution is -0.141. The molecule has 0 radical (unpaired) electrons. The molecule has 1 heterocycles. The van der Waals surface area contributed by atoms with E-state index >= 15 is 0 Å². The van der Waals surface area contributed by atoms with Gasteiger partial charge in [0.25, 0.3) is 5.91 Å². The van der Waals surface area contributed by atoms with Crippen LogP contribution in [0.1, 0.15) is 16.8 Å². The summed E-state index contributed by atoms with van der Waals surface area (Å²) in [5.41, 5.74) is 0.587. The van der Waals surface area contributed by atoms with Crippen molar-refractivity contribution in [3.8, 4) is 0 Å². The molecule has 0 saturated carbocycles. The molecule has 5 heteroatoms. The molecule has 1 aliphatic rings. The number of nitrogens with one attached hydrogen (secondary N) is 1. The van der Waals surface area contributed by atoms with Crippen molar-refractivity contribution in [3.05, 3.63) is 35.9 Å². The molecule has 1 saturated heterocycles. The largest absolute Gasteiger partial charge is 0.389 e. The van der Waals surface area contributed by atoms with E-state index in [0.29, 0.717) is 25.2 Å². The number of likely N-dealkylation sites (tertiary alicyclic amines) is 1. The molecule has 18 heavy (non-hydrogen) atoms. The highest BCUT2D eigenvalue weighted by atomic mass is 16.3. The minimum absolute atomic E-state index is 0.0336. The van der Waals surface area contributed by atoms with Gasteiger partial charge < -0.3 is 15.3 Å². The molecule has 2 amide bonds. The van der Waals surface area contributed by atoms with Gasteiger partial charge in [-0.15, -0.1) is 0 Å². The summed E-state index contributed by atoms with van der Waals surface area (Å²) in [6.07, 6.45) is -0.112. The highest BCUT2D eigenvalue weighted by Crippen LogP contribution is 2.08. The zero-order valence-corrected chi connectivity index (χ0v) is 10.0. The zero-order valence-electron chi connectivity index (χ0n) is 10.0. The predicted octanol–water partition coefficient (Wildman–Crippen LogP) is 0.00960. The molecule has 0 spiro atoms.